The Bertz CT molecular complexity index is 117. The molecule has 1 saturated carbocycles. The van der Waals surface area contributed by atoms with Crippen LogP contribution in [0.15, 0.2) is 0 Å². The molecular weight excluding hydrogens is 204 g/mol. The molecule has 0 aromatic carbocycles. The van der Waals surface area contributed by atoms with Crippen LogP contribution in [0.3, 0.4) is 0 Å². The largest absolute Gasteiger partial charge is 0.387 e. The van der Waals surface area contributed by atoms with Gasteiger partial charge in [0.05, 0.1) is 0 Å². The van der Waals surface area contributed by atoms with E-state index in [1.807, 2.05) is 0 Å². The number of rotatable bonds is 0. The third kappa shape index (κ3) is 3.37. The highest BCUT2D eigenvalue weighted by Crippen LogP contribution is 2.20. The second-order valence-corrected chi connectivity index (χ2v) is 3.65. The molecule has 1 rings (SSSR count). The molecule has 1 aliphatic rings. The molecule has 0 heterocycles. The molecule has 0 saturated heterocycles. The summed E-state index contributed by atoms with van der Waals surface area (Å²) in [6, 6.07) is 0. The number of hydrogen-bond acceptors (Lipinski definition) is 6. The van der Waals surface area contributed by atoms with E-state index < -0.39 is 36.6 Å². The van der Waals surface area contributed by atoms with E-state index in [0.29, 0.717) is 0 Å². The molecule has 0 bridgehead atoms. The summed E-state index contributed by atoms with van der Waals surface area (Å²) in [5, 5.41) is 53.8. The molecule has 6 heteroatoms. The normalized spacial score (nSPS) is 45.6. The summed E-state index contributed by atoms with van der Waals surface area (Å²) in [5.41, 5.74) is 0. The molecule has 0 unspecified atom stereocenters. The van der Waals surface area contributed by atoms with Crippen LogP contribution in [0.25, 0.3) is 0 Å². The molecular formula is C9H20O6. The zero-order valence-corrected chi connectivity index (χ0v) is 8.85. The van der Waals surface area contributed by atoms with Crippen LogP contribution in [0.4, 0.5) is 0 Å². The third-order valence-corrected chi connectivity index (χ3v) is 2.10. The molecule has 0 aliphatic heterocycles. The van der Waals surface area contributed by atoms with Gasteiger partial charge in [-0.25, -0.2) is 0 Å². The zero-order chi connectivity index (χ0) is 12.2. The van der Waals surface area contributed by atoms with Gasteiger partial charge in [0.15, 0.2) is 0 Å². The molecule has 1 aliphatic carbocycles. The van der Waals surface area contributed by atoms with Gasteiger partial charge in [0.1, 0.15) is 36.6 Å². The van der Waals surface area contributed by atoms with Crippen molar-refractivity contribution in [1.82, 2.24) is 0 Å². The van der Waals surface area contributed by atoms with Crippen LogP contribution in [-0.4, -0.2) is 67.3 Å². The molecule has 0 spiro atoms. The molecule has 15 heavy (non-hydrogen) atoms. The minimum atomic E-state index is -1.64. The van der Waals surface area contributed by atoms with Gasteiger partial charge in [-0.15, -0.1) is 0 Å². The van der Waals surface area contributed by atoms with E-state index in [0.717, 1.165) is 0 Å². The van der Waals surface area contributed by atoms with Gasteiger partial charge in [0.2, 0.25) is 0 Å². The van der Waals surface area contributed by atoms with Gasteiger partial charge in [-0.3, -0.25) is 0 Å². The second kappa shape index (κ2) is 6.37. The summed E-state index contributed by atoms with van der Waals surface area (Å²) in [5.74, 6) is 0. The molecule has 6 nitrogen and oxygen atoms in total. The summed E-state index contributed by atoms with van der Waals surface area (Å²) >= 11 is 0. The van der Waals surface area contributed by atoms with Gasteiger partial charge in [0.25, 0.3) is 0 Å². The van der Waals surface area contributed by atoms with Crippen molar-refractivity contribution in [1.29, 1.82) is 0 Å². The lowest BCUT2D eigenvalue weighted by molar-refractivity contribution is -0.223. The molecule has 0 radical (unpaired) electrons. The third-order valence-electron chi connectivity index (χ3n) is 2.10. The van der Waals surface area contributed by atoms with Crippen LogP contribution >= 0.6 is 0 Å². The Hall–Kier alpha value is -0.240. The topological polar surface area (TPSA) is 121 Å². The average molecular weight is 224 g/mol. The zero-order valence-electron chi connectivity index (χ0n) is 8.85. The smallest absolute Gasteiger partial charge is 0.111 e. The molecule has 6 N–H and O–H groups in total. The SMILES string of the molecule is CCC.OC1C(O)C(O)C(O)C(O)C1O. The lowest BCUT2D eigenvalue weighted by atomic mass is 9.85. The molecule has 0 atom stereocenters. The van der Waals surface area contributed by atoms with Gasteiger partial charge >= 0.3 is 0 Å². The van der Waals surface area contributed by atoms with Gasteiger partial charge in [-0.2, -0.15) is 0 Å². The highest BCUT2D eigenvalue weighted by molar-refractivity contribution is 4.98. The van der Waals surface area contributed by atoms with Crippen LogP contribution < -0.4 is 0 Å². The predicted molar refractivity (Wildman–Crippen MR) is 52.0 cm³/mol. The first kappa shape index (κ1) is 14.8. The van der Waals surface area contributed by atoms with Crippen molar-refractivity contribution >= 4 is 0 Å². The summed E-state index contributed by atoms with van der Waals surface area (Å²) in [7, 11) is 0. The van der Waals surface area contributed by atoms with Gasteiger partial charge in [0, 0.05) is 0 Å². The van der Waals surface area contributed by atoms with Crippen LogP contribution in [0.2, 0.25) is 0 Å². The fraction of sp³-hybridized carbons (Fsp3) is 1.00. The van der Waals surface area contributed by atoms with Crippen molar-refractivity contribution in [2.24, 2.45) is 0 Å². The summed E-state index contributed by atoms with van der Waals surface area (Å²) in [4.78, 5) is 0. The molecule has 0 amide bonds. The van der Waals surface area contributed by atoms with Crippen LogP contribution in [0.5, 0.6) is 0 Å². The van der Waals surface area contributed by atoms with E-state index in [9.17, 15) is 0 Å². The first-order valence-electron chi connectivity index (χ1n) is 4.96. The molecule has 0 aromatic heterocycles. The van der Waals surface area contributed by atoms with Crippen molar-refractivity contribution in [3.05, 3.63) is 0 Å². The van der Waals surface area contributed by atoms with Crippen molar-refractivity contribution < 1.29 is 30.6 Å². The summed E-state index contributed by atoms with van der Waals surface area (Å²) < 4.78 is 0. The summed E-state index contributed by atoms with van der Waals surface area (Å²) in [6.45, 7) is 4.25. The Kier molecular flexibility index (Phi) is 6.26. The fourth-order valence-corrected chi connectivity index (χ4v) is 1.21. The predicted octanol–water partition coefficient (Wildman–Crippen LogP) is -2.42. The van der Waals surface area contributed by atoms with Crippen LogP contribution in [-0.2, 0) is 0 Å². The Morgan fingerprint density at radius 3 is 0.667 bits per heavy atom. The lowest BCUT2D eigenvalue weighted by Gasteiger charge is -2.39. The van der Waals surface area contributed by atoms with Crippen molar-refractivity contribution in [3.63, 3.8) is 0 Å². The lowest BCUT2D eigenvalue weighted by Crippen LogP contribution is -2.63. The number of aliphatic hydroxyl groups is 6. The standard InChI is InChI=1S/C6H12O6.C3H8/c7-1-2(8)4(10)6(12)5(11)3(1)9;1-3-2/h1-12H;3H2,1-2H3. The van der Waals surface area contributed by atoms with E-state index in [-0.39, 0.29) is 0 Å². The van der Waals surface area contributed by atoms with E-state index in [4.69, 9.17) is 30.6 Å². The average Bonchev–Trinajstić information content (AvgIpc) is 2.22. The molecule has 0 aromatic rings. The maximum absolute atomic E-state index is 8.97. The minimum absolute atomic E-state index is 1.25. The van der Waals surface area contributed by atoms with E-state index >= 15 is 0 Å². The monoisotopic (exact) mass is 224 g/mol. The van der Waals surface area contributed by atoms with Crippen molar-refractivity contribution in [2.45, 2.75) is 56.9 Å². The van der Waals surface area contributed by atoms with Crippen molar-refractivity contribution in [2.75, 3.05) is 0 Å². The van der Waals surface area contributed by atoms with E-state index in [1.165, 1.54) is 6.42 Å². The van der Waals surface area contributed by atoms with Crippen LogP contribution in [0, 0.1) is 0 Å². The minimum Gasteiger partial charge on any atom is -0.387 e. The Labute approximate surface area is 88.4 Å². The van der Waals surface area contributed by atoms with Crippen LogP contribution in [0.1, 0.15) is 20.3 Å². The van der Waals surface area contributed by atoms with Gasteiger partial charge < -0.3 is 30.6 Å². The summed E-state index contributed by atoms with van der Waals surface area (Å²) in [6.07, 6.45) is -8.59. The van der Waals surface area contributed by atoms with E-state index in [2.05, 4.69) is 13.8 Å². The highest BCUT2D eigenvalue weighted by atomic mass is 16.4. The first-order valence-corrected chi connectivity index (χ1v) is 4.96. The second-order valence-electron chi connectivity index (χ2n) is 3.65. The highest BCUT2D eigenvalue weighted by Gasteiger charge is 2.47. The molecule has 1 fully saturated rings. The van der Waals surface area contributed by atoms with Gasteiger partial charge in [-0.05, 0) is 0 Å². The Balaban J connectivity index is 0.000000583. The van der Waals surface area contributed by atoms with Crippen molar-refractivity contribution in [3.8, 4) is 0 Å². The maximum atomic E-state index is 8.97. The number of hydrogen-bond donors (Lipinski definition) is 6. The van der Waals surface area contributed by atoms with Gasteiger partial charge in [-0.1, -0.05) is 20.3 Å². The Morgan fingerprint density at radius 1 is 0.533 bits per heavy atom. The Morgan fingerprint density at radius 2 is 0.600 bits per heavy atom. The maximum Gasteiger partial charge on any atom is 0.111 e. The first-order chi connectivity index (χ1) is 6.88. The molecule has 92 valence electrons. The quantitative estimate of drug-likeness (QED) is 0.272. The number of aliphatic hydroxyl groups excluding tert-OH is 6. The fourth-order valence-electron chi connectivity index (χ4n) is 1.21. The van der Waals surface area contributed by atoms with E-state index in [1.54, 1.807) is 0 Å².